The van der Waals surface area contributed by atoms with Crippen LogP contribution in [0.3, 0.4) is 0 Å². The highest BCUT2D eigenvalue weighted by molar-refractivity contribution is 5.81. The van der Waals surface area contributed by atoms with E-state index in [2.05, 4.69) is 15.0 Å². The molecule has 154 valence electrons. The number of rotatable bonds is 3. The lowest BCUT2D eigenvalue weighted by molar-refractivity contribution is -0.286. The molecule has 1 unspecified atom stereocenters. The number of aromatic nitrogens is 4. The molecule has 13 heteroatoms. The Bertz CT molecular complexity index is 866. The van der Waals surface area contributed by atoms with Crippen LogP contribution in [0.2, 0.25) is 0 Å². The molecule has 2 fully saturated rings. The Labute approximate surface area is 157 Å². The standard InChI is InChI=1S/C15H21N5O8/c16-13-7-14(18-3-17-13)20(4-19-7)15(11(26)9(24)6(1-21)28-15)12-10(25)8(23)5(22)2-27-12/h3-6,8-12,21-26H,1-2H2,(H2,16,17,18)/t5-,6-,8-,9-,10+,11-,12?,15+/m1/s1. The summed E-state index contributed by atoms with van der Waals surface area (Å²) in [6.45, 7) is -1.01. The predicted molar refractivity (Wildman–Crippen MR) is 89.4 cm³/mol. The summed E-state index contributed by atoms with van der Waals surface area (Å²) in [7, 11) is 0. The Morgan fingerprint density at radius 3 is 2.54 bits per heavy atom. The number of aliphatic hydroxyl groups excluding tert-OH is 6. The molecule has 0 bridgehead atoms. The minimum Gasteiger partial charge on any atom is -0.394 e. The van der Waals surface area contributed by atoms with Gasteiger partial charge in [-0.1, -0.05) is 0 Å². The summed E-state index contributed by atoms with van der Waals surface area (Å²) in [5.74, 6) is 0.0474. The van der Waals surface area contributed by atoms with Crippen LogP contribution in [0, 0.1) is 0 Å². The lowest BCUT2D eigenvalue weighted by Crippen LogP contribution is -2.65. The van der Waals surface area contributed by atoms with E-state index in [4.69, 9.17) is 15.2 Å². The van der Waals surface area contributed by atoms with E-state index in [0.29, 0.717) is 0 Å². The first-order chi connectivity index (χ1) is 13.3. The number of hydrogen-bond acceptors (Lipinski definition) is 12. The summed E-state index contributed by atoms with van der Waals surface area (Å²) >= 11 is 0. The molecule has 0 aromatic carbocycles. The van der Waals surface area contributed by atoms with Crippen LogP contribution in [0.15, 0.2) is 12.7 Å². The fraction of sp³-hybridized carbons (Fsp3) is 0.667. The fourth-order valence-corrected chi connectivity index (χ4v) is 3.83. The van der Waals surface area contributed by atoms with E-state index in [0.717, 1.165) is 6.33 Å². The maximum Gasteiger partial charge on any atom is 0.205 e. The van der Waals surface area contributed by atoms with E-state index in [1.54, 1.807) is 0 Å². The molecule has 0 saturated carbocycles. The van der Waals surface area contributed by atoms with Crippen molar-refractivity contribution in [2.24, 2.45) is 0 Å². The minimum atomic E-state index is -2.04. The van der Waals surface area contributed by atoms with Gasteiger partial charge in [0.05, 0.1) is 19.5 Å². The molecule has 28 heavy (non-hydrogen) atoms. The van der Waals surface area contributed by atoms with Gasteiger partial charge < -0.3 is 45.8 Å². The summed E-state index contributed by atoms with van der Waals surface area (Å²) in [5, 5.41) is 61.3. The molecule has 0 aliphatic carbocycles. The van der Waals surface area contributed by atoms with Crippen LogP contribution in [-0.4, -0.2) is 106 Å². The third-order valence-electron chi connectivity index (χ3n) is 5.30. The average molecular weight is 399 g/mol. The van der Waals surface area contributed by atoms with E-state index in [-0.39, 0.29) is 23.6 Å². The molecular weight excluding hydrogens is 378 g/mol. The molecule has 2 aliphatic rings. The van der Waals surface area contributed by atoms with Crippen LogP contribution < -0.4 is 5.73 Å². The maximum atomic E-state index is 10.9. The molecule has 2 aliphatic heterocycles. The van der Waals surface area contributed by atoms with Crippen molar-refractivity contribution in [1.29, 1.82) is 0 Å². The number of hydrogen-bond donors (Lipinski definition) is 7. The van der Waals surface area contributed by atoms with Crippen molar-refractivity contribution in [3.63, 3.8) is 0 Å². The number of aliphatic hydroxyl groups is 6. The van der Waals surface area contributed by atoms with Crippen LogP contribution in [-0.2, 0) is 15.2 Å². The van der Waals surface area contributed by atoms with Gasteiger partial charge in [0.2, 0.25) is 5.72 Å². The van der Waals surface area contributed by atoms with Gasteiger partial charge in [-0.05, 0) is 0 Å². The van der Waals surface area contributed by atoms with E-state index in [9.17, 15) is 30.6 Å². The molecule has 8 atom stereocenters. The number of ether oxygens (including phenoxy) is 2. The molecule has 0 radical (unpaired) electrons. The van der Waals surface area contributed by atoms with Crippen molar-refractivity contribution in [3.8, 4) is 0 Å². The van der Waals surface area contributed by atoms with E-state index in [1.165, 1.54) is 10.9 Å². The summed E-state index contributed by atoms with van der Waals surface area (Å²) in [6.07, 6.45) is -8.28. The van der Waals surface area contributed by atoms with Crippen molar-refractivity contribution in [2.45, 2.75) is 48.5 Å². The van der Waals surface area contributed by atoms with Gasteiger partial charge in [-0.15, -0.1) is 0 Å². The zero-order valence-electron chi connectivity index (χ0n) is 14.5. The van der Waals surface area contributed by atoms with Gasteiger partial charge in [-0.2, -0.15) is 0 Å². The third kappa shape index (κ3) is 2.53. The number of imidazole rings is 1. The van der Waals surface area contributed by atoms with Crippen LogP contribution in [0.1, 0.15) is 0 Å². The lowest BCUT2D eigenvalue weighted by Gasteiger charge is -2.46. The Morgan fingerprint density at radius 2 is 1.86 bits per heavy atom. The number of nitrogens with zero attached hydrogens (tertiary/aromatic N) is 4. The van der Waals surface area contributed by atoms with Gasteiger partial charge in [0, 0.05) is 0 Å². The second kappa shape index (κ2) is 6.82. The molecule has 4 rings (SSSR count). The smallest absolute Gasteiger partial charge is 0.205 e. The first-order valence-electron chi connectivity index (χ1n) is 8.57. The Morgan fingerprint density at radius 1 is 1.11 bits per heavy atom. The quantitative estimate of drug-likeness (QED) is 0.261. The second-order valence-electron chi connectivity index (χ2n) is 6.87. The third-order valence-corrected chi connectivity index (χ3v) is 5.30. The zero-order valence-corrected chi connectivity index (χ0v) is 14.5. The van der Waals surface area contributed by atoms with Crippen LogP contribution in [0.25, 0.3) is 11.2 Å². The number of fused-ring (bicyclic) bond motifs is 1. The number of nitrogens with two attached hydrogens (primary N) is 1. The van der Waals surface area contributed by atoms with Crippen molar-refractivity contribution in [2.75, 3.05) is 18.9 Å². The molecule has 4 heterocycles. The highest BCUT2D eigenvalue weighted by Crippen LogP contribution is 2.44. The van der Waals surface area contributed by atoms with Crippen LogP contribution in [0.4, 0.5) is 5.82 Å². The Hall–Kier alpha value is -1.97. The SMILES string of the molecule is Nc1ncnc2c1ncn2[C@]1(C2OC[C@@H](O)[C@@H](O)[C@@H]2O)O[C@H](CO)[C@@H](O)[C@H]1O. The maximum absolute atomic E-state index is 10.9. The van der Waals surface area contributed by atoms with Crippen molar-refractivity contribution in [3.05, 3.63) is 12.7 Å². The molecule has 2 saturated heterocycles. The second-order valence-corrected chi connectivity index (χ2v) is 6.87. The van der Waals surface area contributed by atoms with Crippen LogP contribution >= 0.6 is 0 Å². The molecule has 0 spiro atoms. The summed E-state index contributed by atoms with van der Waals surface area (Å²) < 4.78 is 12.5. The average Bonchev–Trinajstić information content (AvgIpc) is 3.22. The Balaban J connectivity index is 1.91. The zero-order chi connectivity index (χ0) is 20.2. The molecule has 8 N–H and O–H groups in total. The number of anilines is 1. The predicted octanol–water partition coefficient (Wildman–Crippen LogP) is -4.34. The van der Waals surface area contributed by atoms with Gasteiger partial charge in [-0.3, -0.25) is 4.57 Å². The van der Waals surface area contributed by atoms with Crippen LogP contribution in [0.5, 0.6) is 0 Å². The monoisotopic (exact) mass is 399 g/mol. The number of nitrogen functional groups attached to an aromatic ring is 1. The molecular formula is C15H21N5O8. The first kappa shape index (κ1) is 19.4. The molecule has 13 nitrogen and oxygen atoms in total. The Kier molecular flexibility index (Phi) is 4.71. The van der Waals surface area contributed by atoms with Gasteiger partial charge in [0.15, 0.2) is 11.5 Å². The normalized spacial score (nSPS) is 41.6. The molecule has 2 aromatic heterocycles. The summed E-state index contributed by atoms with van der Waals surface area (Å²) in [4.78, 5) is 12.0. The van der Waals surface area contributed by atoms with Gasteiger partial charge in [0.1, 0.15) is 54.6 Å². The molecule has 2 aromatic rings. The highest BCUT2D eigenvalue weighted by atomic mass is 16.6. The topological polar surface area (TPSA) is 209 Å². The largest absolute Gasteiger partial charge is 0.394 e. The van der Waals surface area contributed by atoms with Crippen molar-refractivity contribution >= 4 is 17.0 Å². The van der Waals surface area contributed by atoms with Gasteiger partial charge >= 0.3 is 0 Å². The summed E-state index contributed by atoms with van der Waals surface area (Å²) in [6, 6.07) is 0. The minimum absolute atomic E-state index is 0.0474. The first-order valence-corrected chi connectivity index (χ1v) is 8.57. The fourth-order valence-electron chi connectivity index (χ4n) is 3.83. The molecule has 0 amide bonds. The lowest BCUT2D eigenvalue weighted by atomic mass is 9.87. The summed E-state index contributed by atoms with van der Waals surface area (Å²) in [5.41, 5.74) is 4.04. The van der Waals surface area contributed by atoms with E-state index < -0.39 is 55.1 Å². The van der Waals surface area contributed by atoms with E-state index in [1.807, 2.05) is 0 Å². The van der Waals surface area contributed by atoms with Crippen molar-refractivity contribution < 1.29 is 40.1 Å². The van der Waals surface area contributed by atoms with E-state index >= 15 is 0 Å². The van der Waals surface area contributed by atoms with Gasteiger partial charge in [-0.25, -0.2) is 15.0 Å². The highest BCUT2D eigenvalue weighted by Gasteiger charge is 2.64. The van der Waals surface area contributed by atoms with Crippen molar-refractivity contribution in [1.82, 2.24) is 19.5 Å². The van der Waals surface area contributed by atoms with Gasteiger partial charge in [0.25, 0.3) is 0 Å².